The van der Waals surface area contributed by atoms with Gasteiger partial charge in [-0.2, -0.15) is 5.26 Å². The molecule has 0 aromatic heterocycles. The monoisotopic (exact) mass is 176 g/mol. The minimum absolute atomic E-state index is 0.671. The van der Waals surface area contributed by atoms with E-state index < -0.39 is 0 Å². The van der Waals surface area contributed by atoms with Crippen LogP contribution in [-0.2, 0) is 11.2 Å². The molecule has 0 spiro atoms. The normalized spacial score (nSPS) is 9.23. The van der Waals surface area contributed by atoms with E-state index in [0.29, 0.717) is 6.61 Å². The number of benzene rings is 1. The average molecular weight is 176 g/mol. The van der Waals surface area contributed by atoms with E-state index in [4.69, 9.17) is 10.00 Å². The quantitative estimate of drug-likeness (QED) is 0.561. The third-order valence-electron chi connectivity index (χ3n) is 1.78. The zero-order valence-electron chi connectivity index (χ0n) is 7.58. The molecule has 0 saturated carbocycles. The molecular formula is C10H12N2O. The van der Waals surface area contributed by atoms with Gasteiger partial charge in [0.05, 0.1) is 12.3 Å². The topological polar surface area (TPSA) is 45.0 Å². The molecule has 0 heterocycles. The second-order valence-electron chi connectivity index (χ2n) is 2.64. The molecule has 0 radical (unpaired) electrons. The molecule has 0 aliphatic rings. The minimum atomic E-state index is 0.671. The molecule has 0 fully saturated rings. The van der Waals surface area contributed by atoms with Crippen LogP contribution in [0.5, 0.6) is 0 Å². The van der Waals surface area contributed by atoms with Gasteiger partial charge >= 0.3 is 0 Å². The molecule has 68 valence electrons. The number of methoxy groups -OCH3 is 1. The molecule has 1 aromatic carbocycles. The summed E-state index contributed by atoms with van der Waals surface area (Å²) in [5, 5.41) is 11.1. The zero-order chi connectivity index (χ0) is 9.52. The van der Waals surface area contributed by atoms with E-state index >= 15 is 0 Å². The third-order valence-corrected chi connectivity index (χ3v) is 1.78. The summed E-state index contributed by atoms with van der Waals surface area (Å²) < 4.78 is 4.97. The Morgan fingerprint density at radius 2 is 2.23 bits per heavy atom. The van der Waals surface area contributed by atoms with E-state index in [2.05, 4.69) is 5.32 Å². The van der Waals surface area contributed by atoms with Crippen LogP contribution in [0.4, 0.5) is 5.69 Å². The van der Waals surface area contributed by atoms with Crippen molar-refractivity contribution in [3.05, 3.63) is 29.8 Å². The number of nitriles is 1. The summed E-state index contributed by atoms with van der Waals surface area (Å²) in [5.74, 6) is 0. The van der Waals surface area contributed by atoms with Crippen LogP contribution in [-0.4, -0.2) is 13.7 Å². The van der Waals surface area contributed by atoms with Crippen LogP contribution in [0, 0.1) is 11.5 Å². The summed E-state index contributed by atoms with van der Waals surface area (Å²) in [4.78, 5) is 0. The molecule has 3 heteroatoms. The van der Waals surface area contributed by atoms with Crippen LogP contribution in [0.15, 0.2) is 24.3 Å². The number of para-hydroxylation sites is 1. The van der Waals surface area contributed by atoms with Gasteiger partial charge in [0.15, 0.2) is 6.19 Å². The lowest BCUT2D eigenvalue weighted by atomic mass is 10.1. The van der Waals surface area contributed by atoms with Crippen LogP contribution in [0.1, 0.15) is 5.56 Å². The lowest BCUT2D eigenvalue weighted by molar-refractivity contribution is 0.202. The third kappa shape index (κ3) is 2.77. The number of nitrogens with one attached hydrogen (secondary N) is 1. The Hall–Kier alpha value is -1.53. The molecule has 0 unspecified atom stereocenters. The Morgan fingerprint density at radius 3 is 2.92 bits per heavy atom. The average Bonchev–Trinajstić information content (AvgIpc) is 2.17. The summed E-state index contributed by atoms with van der Waals surface area (Å²) >= 11 is 0. The maximum Gasteiger partial charge on any atom is 0.181 e. The number of anilines is 1. The number of nitrogens with zero attached hydrogens (tertiary/aromatic N) is 1. The van der Waals surface area contributed by atoms with Gasteiger partial charge in [-0.25, -0.2) is 0 Å². The van der Waals surface area contributed by atoms with Crippen LogP contribution in [0.25, 0.3) is 0 Å². The van der Waals surface area contributed by atoms with Gasteiger partial charge in [0.2, 0.25) is 0 Å². The first-order valence-electron chi connectivity index (χ1n) is 4.10. The molecule has 0 amide bonds. The summed E-state index contributed by atoms with van der Waals surface area (Å²) in [5.41, 5.74) is 1.97. The zero-order valence-corrected chi connectivity index (χ0v) is 7.58. The van der Waals surface area contributed by atoms with Gasteiger partial charge in [0.1, 0.15) is 0 Å². The minimum Gasteiger partial charge on any atom is -0.384 e. The standard InChI is InChI=1S/C10H12N2O/c1-13-7-6-9-4-2-3-5-10(9)12-8-11/h2-5,12H,6-7H2,1H3. The van der Waals surface area contributed by atoms with E-state index in [1.807, 2.05) is 30.5 Å². The van der Waals surface area contributed by atoms with E-state index in [1.165, 1.54) is 0 Å². The van der Waals surface area contributed by atoms with E-state index in [-0.39, 0.29) is 0 Å². The van der Waals surface area contributed by atoms with Crippen molar-refractivity contribution in [1.82, 2.24) is 0 Å². The molecule has 1 N–H and O–H groups in total. The number of hydrogen-bond donors (Lipinski definition) is 1. The van der Waals surface area contributed by atoms with Crippen molar-refractivity contribution in [3.63, 3.8) is 0 Å². The van der Waals surface area contributed by atoms with Crippen LogP contribution in [0.2, 0.25) is 0 Å². The fourth-order valence-electron chi connectivity index (χ4n) is 1.13. The molecule has 3 nitrogen and oxygen atoms in total. The largest absolute Gasteiger partial charge is 0.384 e. The summed E-state index contributed by atoms with van der Waals surface area (Å²) in [6.07, 6.45) is 2.73. The van der Waals surface area contributed by atoms with E-state index in [1.54, 1.807) is 7.11 Å². The van der Waals surface area contributed by atoms with Gasteiger partial charge in [-0.3, -0.25) is 5.32 Å². The number of hydrogen-bond acceptors (Lipinski definition) is 3. The van der Waals surface area contributed by atoms with E-state index in [9.17, 15) is 0 Å². The fourth-order valence-corrected chi connectivity index (χ4v) is 1.13. The lowest BCUT2D eigenvalue weighted by Gasteiger charge is -2.05. The van der Waals surface area contributed by atoms with Crippen molar-refractivity contribution < 1.29 is 4.74 Å². The van der Waals surface area contributed by atoms with Gasteiger partial charge < -0.3 is 4.74 Å². The van der Waals surface area contributed by atoms with Gasteiger partial charge in [0.25, 0.3) is 0 Å². The number of ether oxygens (including phenoxy) is 1. The van der Waals surface area contributed by atoms with Crippen molar-refractivity contribution in [2.45, 2.75) is 6.42 Å². The molecule has 0 saturated heterocycles. The highest BCUT2D eigenvalue weighted by Crippen LogP contribution is 2.14. The van der Waals surface area contributed by atoms with Crippen molar-refractivity contribution in [3.8, 4) is 6.19 Å². The maximum atomic E-state index is 8.48. The Kier molecular flexibility index (Phi) is 3.80. The molecule has 0 bridgehead atoms. The molecular weight excluding hydrogens is 164 g/mol. The summed E-state index contributed by atoms with van der Waals surface area (Å²) in [6, 6.07) is 7.72. The van der Waals surface area contributed by atoms with E-state index in [0.717, 1.165) is 17.7 Å². The van der Waals surface area contributed by atoms with Gasteiger partial charge in [0, 0.05) is 7.11 Å². The Labute approximate surface area is 77.9 Å². The summed E-state index contributed by atoms with van der Waals surface area (Å²) in [6.45, 7) is 0.671. The predicted octanol–water partition coefficient (Wildman–Crippen LogP) is 1.77. The number of rotatable bonds is 4. The molecule has 0 aliphatic heterocycles. The van der Waals surface area contributed by atoms with Crippen molar-refractivity contribution in [1.29, 1.82) is 5.26 Å². The Balaban J connectivity index is 2.73. The highest BCUT2D eigenvalue weighted by atomic mass is 16.5. The van der Waals surface area contributed by atoms with Gasteiger partial charge in [-0.1, -0.05) is 18.2 Å². The molecule has 1 aromatic rings. The van der Waals surface area contributed by atoms with Crippen LogP contribution in [0.3, 0.4) is 0 Å². The van der Waals surface area contributed by atoms with Crippen LogP contribution >= 0.6 is 0 Å². The molecule has 0 aliphatic carbocycles. The van der Waals surface area contributed by atoms with Crippen LogP contribution < -0.4 is 5.32 Å². The Morgan fingerprint density at radius 1 is 1.46 bits per heavy atom. The SMILES string of the molecule is COCCc1ccccc1NC#N. The smallest absolute Gasteiger partial charge is 0.181 e. The van der Waals surface area contributed by atoms with Crippen molar-refractivity contribution >= 4 is 5.69 Å². The highest BCUT2D eigenvalue weighted by molar-refractivity contribution is 5.53. The Bertz CT molecular complexity index is 304. The molecule has 13 heavy (non-hydrogen) atoms. The predicted molar refractivity (Wildman–Crippen MR) is 51.3 cm³/mol. The fraction of sp³-hybridized carbons (Fsp3) is 0.300. The first-order chi connectivity index (χ1) is 6.38. The molecule has 0 atom stereocenters. The second-order valence-corrected chi connectivity index (χ2v) is 2.64. The van der Waals surface area contributed by atoms with Gasteiger partial charge in [-0.05, 0) is 18.1 Å². The molecule has 1 rings (SSSR count). The van der Waals surface area contributed by atoms with Crippen molar-refractivity contribution in [2.24, 2.45) is 0 Å². The lowest BCUT2D eigenvalue weighted by Crippen LogP contribution is -1.99. The maximum absolute atomic E-state index is 8.48. The second kappa shape index (κ2) is 5.18. The van der Waals surface area contributed by atoms with Gasteiger partial charge in [-0.15, -0.1) is 0 Å². The summed E-state index contributed by atoms with van der Waals surface area (Å²) in [7, 11) is 1.67. The first-order valence-corrected chi connectivity index (χ1v) is 4.10. The first kappa shape index (κ1) is 9.56. The van der Waals surface area contributed by atoms with Crippen molar-refractivity contribution in [2.75, 3.05) is 19.0 Å². The highest BCUT2D eigenvalue weighted by Gasteiger charge is 1.99.